The van der Waals surface area contributed by atoms with Crippen molar-refractivity contribution in [3.05, 3.63) is 12.0 Å². The quantitative estimate of drug-likeness (QED) is 0.695. The number of hydrogen-bond acceptors (Lipinski definition) is 4. The van der Waals surface area contributed by atoms with Gasteiger partial charge in [-0.1, -0.05) is 6.58 Å². The molecule has 0 spiro atoms. The van der Waals surface area contributed by atoms with Gasteiger partial charge in [0.05, 0.1) is 13.2 Å². The van der Waals surface area contributed by atoms with Gasteiger partial charge in [0.25, 0.3) is 0 Å². The van der Waals surface area contributed by atoms with E-state index in [9.17, 15) is 9.36 Å². The molecule has 0 aromatic rings. The van der Waals surface area contributed by atoms with Crippen molar-refractivity contribution < 1.29 is 18.4 Å². The first kappa shape index (κ1) is 13.4. The Kier molecular flexibility index (Phi) is 5.69. The first-order chi connectivity index (χ1) is 6.46. The van der Waals surface area contributed by atoms with E-state index in [2.05, 4.69) is 11.9 Å². The van der Waals surface area contributed by atoms with Crippen molar-refractivity contribution in [2.75, 3.05) is 13.2 Å². The molecule has 14 heavy (non-hydrogen) atoms. The Bertz CT molecular complexity index is 254. The molecular formula is C8H16NO4P. The van der Waals surface area contributed by atoms with Gasteiger partial charge in [0.15, 0.2) is 0 Å². The molecule has 0 unspecified atom stereocenters. The monoisotopic (exact) mass is 221 g/mol. The Morgan fingerprint density at radius 3 is 2.07 bits per heavy atom. The average Bonchev–Trinajstić information content (AvgIpc) is 2.03. The summed E-state index contributed by atoms with van der Waals surface area (Å²) in [4.78, 5) is 10.7. The zero-order valence-electron chi connectivity index (χ0n) is 8.70. The van der Waals surface area contributed by atoms with E-state index in [1.807, 2.05) is 0 Å². The lowest BCUT2D eigenvalue weighted by molar-refractivity contribution is -0.118. The Morgan fingerprint density at radius 2 is 1.79 bits per heavy atom. The fourth-order valence-electron chi connectivity index (χ4n) is 0.805. The second-order valence-corrected chi connectivity index (χ2v) is 4.51. The number of hydrogen-bond donors (Lipinski definition) is 1. The summed E-state index contributed by atoms with van der Waals surface area (Å²) in [5.74, 6) is -0.352. The predicted octanol–water partition coefficient (Wildman–Crippen LogP) is 1.86. The third-order valence-electron chi connectivity index (χ3n) is 1.25. The maximum Gasteiger partial charge on any atom is 0.376 e. The minimum absolute atomic E-state index is 0.0197. The highest BCUT2D eigenvalue weighted by Gasteiger charge is 2.28. The van der Waals surface area contributed by atoms with Crippen LogP contribution in [0.3, 0.4) is 0 Å². The number of rotatable bonds is 6. The van der Waals surface area contributed by atoms with Crippen LogP contribution in [0.5, 0.6) is 0 Å². The second-order valence-electron chi connectivity index (χ2n) is 2.46. The molecule has 0 aliphatic carbocycles. The molecule has 0 aliphatic rings. The molecular weight excluding hydrogens is 205 g/mol. The van der Waals surface area contributed by atoms with Crippen LogP contribution in [0.25, 0.3) is 0 Å². The fourth-order valence-corrected chi connectivity index (χ4v) is 2.17. The molecule has 0 aromatic carbocycles. The largest absolute Gasteiger partial charge is 0.376 e. The van der Waals surface area contributed by atoms with Crippen molar-refractivity contribution >= 4 is 13.5 Å². The zero-order chi connectivity index (χ0) is 11.2. The summed E-state index contributed by atoms with van der Waals surface area (Å²) < 4.78 is 21.8. The van der Waals surface area contributed by atoms with Crippen LogP contribution >= 0.6 is 7.60 Å². The molecule has 5 nitrogen and oxygen atoms in total. The third kappa shape index (κ3) is 4.05. The summed E-state index contributed by atoms with van der Waals surface area (Å²) in [6.07, 6.45) is 0. The standard InChI is InChI=1S/C8H16NO4P/c1-5-12-14(11,13-6-2)8(4)9-7(3)10/h4-6H2,1-3H3,(H,9,10). The minimum atomic E-state index is -3.39. The summed E-state index contributed by atoms with van der Waals surface area (Å²) in [5.41, 5.74) is -0.0197. The van der Waals surface area contributed by atoms with Crippen LogP contribution in [0.4, 0.5) is 0 Å². The molecule has 1 amide bonds. The van der Waals surface area contributed by atoms with Crippen molar-refractivity contribution in [2.45, 2.75) is 20.8 Å². The summed E-state index contributed by atoms with van der Waals surface area (Å²) in [6.45, 7) is 8.60. The first-order valence-corrected chi connectivity index (χ1v) is 5.86. The predicted molar refractivity (Wildman–Crippen MR) is 53.8 cm³/mol. The average molecular weight is 221 g/mol. The lowest BCUT2D eigenvalue weighted by atomic mass is 10.7. The highest BCUT2D eigenvalue weighted by atomic mass is 31.2. The van der Waals surface area contributed by atoms with E-state index in [0.29, 0.717) is 0 Å². The molecule has 82 valence electrons. The molecule has 0 radical (unpaired) electrons. The topological polar surface area (TPSA) is 64.6 Å². The second kappa shape index (κ2) is 5.96. The van der Waals surface area contributed by atoms with Crippen LogP contribution < -0.4 is 5.32 Å². The molecule has 0 saturated heterocycles. The van der Waals surface area contributed by atoms with E-state index in [0.717, 1.165) is 0 Å². The van der Waals surface area contributed by atoms with Gasteiger partial charge in [0.1, 0.15) is 5.44 Å². The van der Waals surface area contributed by atoms with E-state index < -0.39 is 7.60 Å². The van der Waals surface area contributed by atoms with Crippen molar-refractivity contribution in [1.82, 2.24) is 5.32 Å². The summed E-state index contributed by atoms with van der Waals surface area (Å²) in [7, 11) is -3.39. The SMILES string of the molecule is C=C(NC(C)=O)P(=O)(OCC)OCC. The highest BCUT2D eigenvalue weighted by Crippen LogP contribution is 2.53. The maximum atomic E-state index is 11.9. The number of amides is 1. The first-order valence-electron chi connectivity index (χ1n) is 4.32. The van der Waals surface area contributed by atoms with Crippen LogP contribution in [0.2, 0.25) is 0 Å². The minimum Gasteiger partial charge on any atom is -0.320 e. The van der Waals surface area contributed by atoms with Gasteiger partial charge >= 0.3 is 7.60 Å². The lowest BCUT2D eigenvalue weighted by Crippen LogP contribution is -2.20. The molecule has 1 N–H and O–H groups in total. The van der Waals surface area contributed by atoms with Crippen LogP contribution in [-0.4, -0.2) is 19.1 Å². The maximum absolute atomic E-state index is 11.9. The van der Waals surface area contributed by atoms with Gasteiger partial charge in [0, 0.05) is 6.92 Å². The Balaban J connectivity index is 4.55. The summed E-state index contributed by atoms with van der Waals surface area (Å²) in [5, 5.41) is 2.31. The van der Waals surface area contributed by atoms with Crippen molar-refractivity contribution in [3.63, 3.8) is 0 Å². The Morgan fingerprint density at radius 1 is 1.36 bits per heavy atom. The molecule has 0 heterocycles. The molecule has 0 saturated carbocycles. The zero-order valence-corrected chi connectivity index (χ0v) is 9.60. The Hall–Kier alpha value is -0.640. The van der Waals surface area contributed by atoms with Crippen molar-refractivity contribution in [1.29, 1.82) is 0 Å². The van der Waals surface area contributed by atoms with E-state index in [1.54, 1.807) is 13.8 Å². The normalized spacial score (nSPS) is 11.1. The van der Waals surface area contributed by atoms with Crippen LogP contribution in [0, 0.1) is 0 Å². The van der Waals surface area contributed by atoms with E-state index in [1.165, 1.54) is 6.92 Å². The third-order valence-corrected chi connectivity index (χ3v) is 3.22. The van der Waals surface area contributed by atoms with Gasteiger partial charge in [-0.05, 0) is 13.8 Å². The number of carbonyl (C=O) groups is 1. The van der Waals surface area contributed by atoms with Crippen LogP contribution in [0.15, 0.2) is 12.0 Å². The van der Waals surface area contributed by atoms with Gasteiger partial charge in [0.2, 0.25) is 5.91 Å². The summed E-state index contributed by atoms with van der Waals surface area (Å²) >= 11 is 0. The molecule has 0 aliphatic heterocycles. The van der Waals surface area contributed by atoms with Crippen molar-refractivity contribution in [3.8, 4) is 0 Å². The van der Waals surface area contributed by atoms with Gasteiger partial charge in [-0.2, -0.15) is 0 Å². The van der Waals surface area contributed by atoms with E-state index in [-0.39, 0.29) is 24.6 Å². The molecule has 0 fully saturated rings. The fraction of sp³-hybridized carbons (Fsp3) is 0.625. The van der Waals surface area contributed by atoms with E-state index in [4.69, 9.17) is 9.05 Å². The van der Waals surface area contributed by atoms with Gasteiger partial charge in [-0.3, -0.25) is 9.36 Å². The van der Waals surface area contributed by atoms with Gasteiger partial charge in [-0.15, -0.1) is 0 Å². The van der Waals surface area contributed by atoms with Crippen LogP contribution in [0.1, 0.15) is 20.8 Å². The lowest BCUT2D eigenvalue weighted by Gasteiger charge is -2.18. The number of carbonyl (C=O) groups excluding carboxylic acids is 1. The smallest absolute Gasteiger partial charge is 0.320 e. The highest BCUT2D eigenvalue weighted by molar-refractivity contribution is 7.58. The Labute approximate surface area is 84.0 Å². The molecule has 0 aromatic heterocycles. The molecule has 6 heteroatoms. The number of nitrogens with one attached hydrogen (secondary N) is 1. The van der Waals surface area contributed by atoms with E-state index >= 15 is 0 Å². The van der Waals surface area contributed by atoms with Crippen LogP contribution in [-0.2, 0) is 18.4 Å². The van der Waals surface area contributed by atoms with Crippen molar-refractivity contribution in [2.24, 2.45) is 0 Å². The van der Waals surface area contributed by atoms with Gasteiger partial charge < -0.3 is 14.4 Å². The molecule has 0 atom stereocenters. The molecule has 0 rings (SSSR count). The summed E-state index contributed by atoms with van der Waals surface area (Å²) in [6, 6.07) is 0. The molecule has 0 bridgehead atoms. The van der Waals surface area contributed by atoms with Gasteiger partial charge in [-0.25, -0.2) is 0 Å².